The van der Waals surface area contributed by atoms with Gasteiger partial charge in [0.05, 0.1) is 15.1 Å². The minimum atomic E-state index is 0.312. The van der Waals surface area contributed by atoms with Gasteiger partial charge in [-0.25, -0.2) is 0 Å². The lowest BCUT2D eigenvalue weighted by Gasteiger charge is -2.11. The van der Waals surface area contributed by atoms with Gasteiger partial charge in [0.25, 0.3) is 0 Å². The van der Waals surface area contributed by atoms with Gasteiger partial charge in [-0.05, 0) is 34.9 Å². The molecule has 2 rings (SSSR count). The monoisotopic (exact) mass is 338 g/mol. The third kappa shape index (κ3) is 2.74. The summed E-state index contributed by atoms with van der Waals surface area (Å²) in [5.41, 5.74) is 2.58. The van der Waals surface area contributed by atoms with Crippen LogP contribution in [-0.4, -0.2) is 0 Å². The fourth-order valence-corrected chi connectivity index (χ4v) is 2.87. The van der Waals surface area contributed by atoms with Gasteiger partial charge in [0.15, 0.2) is 0 Å². The van der Waals surface area contributed by atoms with E-state index in [0.717, 1.165) is 16.7 Å². The van der Waals surface area contributed by atoms with E-state index in [1.807, 2.05) is 12.1 Å². The van der Waals surface area contributed by atoms with Crippen molar-refractivity contribution in [1.29, 1.82) is 0 Å². The van der Waals surface area contributed by atoms with Gasteiger partial charge in [-0.2, -0.15) is 0 Å². The van der Waals surface area contributed by atoms with E-state index >= 15 is 0 Å². The van der Waals surface area contributed by atoms with Gasteiger partial charge < -0.3 is 0 Å². The van der Waals surface area contributed by atoms with Crippen molar-refractivity contribution in [2.24, 2.45) is 0 Å². The molecule has 0 spiro atoms. The molecule has 2 aromatic rings. The van der Waals surface area contributed by atoms with Crippen LogP contribution < -0.4 is 0 Å². The summed E-state index contributed by atoms with van der Waals surface area (Å²) >= 11 is 30.0. The van der Waals surface area contributed by atoms with Gasteiger partial charge in [0.2, 0.25) is 0 Å². The minimum absolute atomic E-state index is 0.312. The van der Waals surface area contributed by atoms with Crippen LogP contribution in [0, 0.1) is 0 Å². The molecule has 5 heteroatoms. The van der Waals surface area contributed by atoms with E-state index in [1.165, 1.54) is 0 Å². The molecular formula is C13H7Cl5. The molecule has 0 nitrogen and oxygen atoms in total. The number of alkyl halides is 1. The number of benzene rings is 2. The molecule has 0 unspecified atom stereocenters. The van der Waals surface area contributed by atoms with Crippen molar-refractivity contribution in [2.75, 3.05) is 0 Å². The molecular weight excluding hydrogens is 333 g/mol. The smallest absolute Gasteiger partial charge is 0.0778 e. The molecule has 0 aliphatic carbocycles. The first-order chi connectivity index (χ1) is 8.54. The predicted octanol–water partition coefficient (Wildman–Crippen LogP) is 6.71. The molecule has 0 saturated heterocycles. The van der Waals surface area contributed by atoms with Crippen LogP contribution in [0.4, 0.5) is 0 Å². The molecule has 94 valence electrons. The summed E-state index contributed by atoms with van der Waals surface area (Å²) in [5, 5.41) is 1.76. The van der Waals surface area contributed by atoms with Crippen LogP contribution in [0.5, 0.6) is 0 Å². The topological polar surface area (TPSA) is 0 Å². The van der Waals surface area contributed by atoms with E-state index in [-0.39, 0.29) is 0 Å². The third-order valence-electron chi connectivity index (χ3n) is 2.55. The van der Waals surface area contributed by atoms with Gasteiger partial charge in [0.1, 0.15) is 0 Å². The Bertz CT molecular complexity index is 569. The van der Waals surface area contributed by atoms with Crippen LogP contribution in [0.1, 0.15) is 5.56 Å². The Balaban J connectivity index is 2.66. The number of rotatable bonds is 2. The number of hydrogen-bond donors (Lipinski definition) is 0. The van der Waals surface area contributed by atoms with E-state index in [0.29, 0.717) is 26.0 Å². The fourth-order valence-electron chi connectivity index (χ4n) is 1.68. The van der Waals surface area contributed by atoms with Gasteiger partial charge in [-0.15, -0.1) is 11.6 Å². The maximum absolute atomic E-state index is 6.11. The zero-order chi connectivity index (χ0) is 13.3. The Hall–Kier alpha value is -0.110. The first-order valence-electron chi connectivity index (χ1n) is 5.03. The van der Waals surface area contributed by atoms with E-state index in [1.54, 1.807) is 18.2 Å². The predicted molar refractivity (Wildman–Crippen MR) is 81.5 cm³/mol. The number of hydrogen-bond acceptors (Lipinski definition) is 0. The van der Waals surface area contributed by atoms with Crippen molar-refractivity contribution in [3.8, 4) is 11.1 Å². The van der Waals surface area contributed by atoms with Gasteiger partial charge in [0, 0.05) is 10.9 Å². The lowest BCUT2D eigenvalue weighted by atomic mass is 10.0. The first-order valence-corrected chi connectivity index (χ1v) is 7.07. The van der Waals surface area contributed by atoms with Crippen LogP contribution in [0.25, 0.3) is 11.1 Å². The van der Waals surface area contributed by atoms with Crippen LogP contribution in [0.3, 0.4) is 0 Å². The Morgan fingerprint density at radius 2 is 1.44 bits per heavy atom. The summed E-state index contributed by atoms with van der Waals surface area (Å²) in [6, 6.07) is 9.06. The molecule has 2 aromatic carbocycles. The lowest BCUT2D eigenvalue weighted by molar-refractivity contribution is 1.40. The van der Waals surface area contributed by atoms with Crippen LogP contribution in [-0.2, 0) is 5.88 Å². The van der Waals surface area contributed by atoms with Crippen molar-refractivity contribution >= 4 is 58.0 Å². The zero-order valence-electron chi connectivity index (χ0n) is 8.98. The van der Waals surface area contributed by atoms with E-state index in [9.17, 15) is 0 Å². The van der Waals surface area contributed by atoms with Crippen molar-refractivity contribution in [3.63, 3.8) is 0 Å². The summed E-state index contributed by atoms with van der Waals surface area (Å²) < 4.78 is 0. The Labute approximate surface area is 130 Å². The largest absolute Gasteiger partial charge is 0.121 e. The first kappa shape index (κ1) is 14.3. The fraction of sp³-hybridized carbons (Fsp3) is 0.0769. The third-order valence-corrected chi connectivity index (χ3v) is 4.37. The molecule has 0 aliphatic rings. The Morgan fingerprint density at radius 3 is 2.00 bits per heavy atom. The highest BCUT2D eigenvalue weighted by atomic mass is 35.5. The molecule has 0 aliphatic heterocycles. The van der Waals surface area contributed by atoms with Crippen molar-refractivity contribution in [1.82, 2.24) is 0 Å². The van der Waals surface area contributed by atoms with Crippen molar-refractivity contribution in [2.45, 2.75) is 5.88 Å². The molecule has 0 atom stereocenters. The minimum Gasteiger partial charge on any atom is -0.121 e. The average Bonchev–Trinajstić information content (AvgIpc) is 2.35. The molecule has 0 bridgehead atoms. The molecule has 0 radical (unpaired) electrons. The van der Waals surface area contributed by atoms with Crippen LogP contribution >= 0.6 is 58.0 Å². The Morgan fingerprint density at radius 1 is 0.833 bits per heavy atom. The van der Waals surface area contributed by atoms with Crippen LogP contribution in [0.15, 0.2) is 30.3 Å². The SMILES string of the molecule is ClCc1c(Cl)cccc1-c1cc(Cl)c(Cl)c(Cl)c1. The summed E-state index contributed by atoms with van der Waals surface area (Å²) in [6.45, 7) is 0. The second kappa shape index (κ2) is 5.90. The molecule has 0 saturated carbocycles. The normalized spacial score (nSPS) is 10.7. The second-order valence-corrected chi connectivity index (χ2v) is 5.52. The average molecular weight is 340 g/mol. The van der Waals surface area contributed by atoms with Crippen molar-refractivity contribution in [3.05, 3.63) is 56.0 Å². The summed E-state index contributed by atoms with van der Waals surface area (Å²) in [5.74, 6) is 0.312. The quantitative estimate of drug-likeness (QED) is 0.421. The highest BCUT2D eigenvalue weighted by Crippen LogP contribution is 2.37. The molecule has 0 aromatic heterocycles. The zero-order valence-corrected chi connectivity index (χ0v) is 12.8. The van der Waals surface area contributed by atoms with Gasteiger partial charge in [-0.1, -0.05) is 58.5 Å². The highest BCUT2D eigenvalue weighted by molar-refractivity contribution is 6.48. The molecule has 0 fully saturated rings. The Kier molecular flexibility index (Phi) is 4.69. The number of halogens is 5. The molecule has 18 heavy (non-hydrogen) atoms. The molecule has 0 N–H and O–H groups in total. The highest BCUT2D eigenvalue weighted by Gasteiger charge is 2.12. The molecule has 0 heterocycles. The lowest BCUT2D eigenvalue weighted by Crippen LogP contribution is -1.88. The van der Waals surface area contributed by atoms with E-state index in [4.69, 9.17) is 58.0 Å². The standard InChI is InChI=1S/C13H7Cl5/c14-6-9-8(2-1-3-10(9)15)7-4-11(16)13(18)12(17)5-7/h1-5H,6H2. The van der Waals surface area contributed by atoms with E-state index < -0.39 is 0 Å². The maximum atomic E-state index is 6.11. The second-order valence-electron chi connectivity index (χ2n) is 3.65. The van der Waals surface area contributed by atoms with E-state index in [2.05, 4.69) is 0 Å². The molecule has 0 amide bonds. The van der Waals surface area contributed by atoms with Crippen LogP contribution in [0.2, 0.25) is 20.1 Å². The summed E-state index contributed by atoms with van der Waals surface area (Å²) in [7, 11) is 0. The van der Waals surface area contributed by atoms with Crippen molar-refractivity contribution < 1.29 is 0 Å². The van der Waals surface area contributed by atoms with Gasteiger partial charge >= 0.3 is 0 Å². The maximum Gasteiger partial charge on any atom is 0.0778 e. The summed E-state index contributed by atoms with van der Waals surface area (Å²) in [4.78, 5) is 0. The summed E-state index contributed by atoms with van der Waals surface area (Å²) in [6.07, 6.45) is 0. The van der Waals surface area contributed by atoms with Gasteiger partial charge in [-0.3, -0.25) is 0 Å².